The minimum Gasteiger partial charge on any atom is -0.497 e. The SMILES string of the molecule is CCN(C(=O)c1ccc(OC)cc1-n1nccn1)[C@@H](C)COc1ncc(C(F)(F)F)cc1F. The highest BCUT2D eigenvalue weighted by Crippen LogP contribution is 2.30. The van der Waals surface area contributed by atoms with Crippen molar-refractivity contribution in [2.24, 2.45) is 0 Å². The van der Waals surface area contributed by atoms with Crippen LogP contribution in [0.15, 0.2) is 42.9 Å². The summed E-state index contributed by atoms with van der Waals surface area (Å²) in [6.07, 6.45) is -1.29. The van der Waals surface area contributed by atoms with E-state index in [4.69, 9.17) is 9.47 Å². The zero-order valence-electron chi connectivity index (χ0n) is 18.0. The summed E-state index contributed by atoms with van der Waals surface area (Å²) in [4.78, 5) is 19.5. The number of nitrogens with zero attached hydrogens (tertiary/aromatic N) is 5. The summed E-state index contributed by atoms with van der Waals surface area (Å²) < 4.78 is 62.6. The van der Waals surface area contributed by atoms with Gasteiger partial charge in [-0.25, -0.2) is 9.37 Å². The number of rotatable bonds is 8. The summed E-state index contributed by atoms with van der Waals surface area (Å²) in [7, 11) is 1.49. The number of alkyl halides is 3. The molecular formula is C21H21F4N5O3. The van der Waals surface area contributed by atoms with Gasteiger partial charge in [0.05, 0.1) is 36.7 Å². The molecule has 0 aliphatic heterocycles. The smallest absolute Gasteiger partial charge is 0.417 e. The Morgan fingerprint density at radius 2 is 1.91 bits per heavy atom. The van der Waals surface area contributed by atoms with Gasteiger partial charge in [0.2, 0.25) is 5.88 Å². The molecule has 1 atom stereocenters. The van der Waals surface area contributed by atoms with Crippen LogP contribution in [0.5, 0.6) is 11.6 Å². The number of hydrogen-bond acceptors (Lipinski definition) is 6. The van der Waals surface area contributed by atoms with Crippen molar-refractivity contribution in [3.05, 3.63) is 59.8 Å². The van der Waals surface area contributed by atoms with Crippen LogP contribution in [0.25, 0.3) is 5.69 Å². The van der Waals surface area contributed by atoms with Crippen LogP contribution in [0, 0.1) is 5.82 Å². The highest BCUT2D eigenvalue weighted by Gasteiger charge is 2.32. The molecule has 0 fully saturated rings. The van der Waals surface area contributed by atoms with Crippen molar-refractivity contribution >= 4 is 5.91 Å². The molecule has 0 radical (unpaired) electrons. The summed E-state index contributed by atoms with van der Waals surface area (Å²) >= 11 is 0. The van der Waals surface area contributed by atoms with Gasteiger partial charge in [0.15, 0.2) is 5.82 Å². The van der Waals surface area contributed by atoms with Crippen molar-refractivity contribution in [1.29, 1.82) is 0 Å². The Morgan fingerprint density at radius 1 is 1.21 bits per heavy atom. The van der Waals surface area contributed by atoms with Crippen molar-refractivity contribution in [3.8, 4) is 17.3 Å². The van der Waals surface area contributed by atoms with E-state index >= 15 is 0 Å². The molecule has 176 valence electrons. The zero-order chi connectivity index (χ0) is 24.2. The third-order valence-electron chi connectivity index (χ3n) is 4.80. The number of hydrogen-bond donors (Lipinski definition) is 0. The van der Waals surface area contributed by atoms with Crippen LogP contribution in [0.2, 0.25) is 0 Å². The monoisotopic (exact) mass is 467 g/mol. The second kappa shape index (κ2) is 9.84. The van der Waals surface area contributed by atoms with Crippen molar-refractivity contribution in [2.75, 3.05) is 20.3 Å². The zero-order valence-corrected chi connectivity index (χ0v) is 18.0. The third kappa shape index (κ3) is 5.38. The van der Waals surface area contributed by atoms with Crippen molar-refractivity contribution in [2.45, 2.75) is 26.1 Å². The first-order valence-corrected chi connectivity index (χ1v) is 9.87. The predicted octanol–water partition coefficient (Wildman–Crippen LogP) is 3.76. The summed E-state index contributed by atoms with van der Waals surface area (Å²) in [6, 6.07) is 4.57. The molecule has 0 N–H and O–H groups in total. The molecular weight excluding hydrogens is 446 g/mol. The van der Waals surface area contributed by atoms with Crippen LogP contribution in [-0.4, -0.2) is 57.1 Å². The number of benzene rings is 1. The number of pyridine rings is 1. The van der Waals surface area contributed by atoms with E-state index in [1.54, 1.807) is 32.0 Å². The minimum absolute atomic E-state index is 0.194. The number of carbonyl (C=O) groups is 1. The summed E-state index contributed by atoms with van der Waals surface area (Å²) in [5, 5.41) is 8.14. The average Bonchev–Trinajstić information content (AvgIpc) is 3.32. The second-order valence-electron chi connectivity index (χ2n) is 6.96. The highest BCUT2D eigenvalue weighted by molar-refractivity contribution is 5.98. The maximum atomic E-state index is 14.0. The largest absolute Gasteiger partial charge is 0.497 e. The predicted molar refractivity (Wildman–Crippen MR) is 109 cm³/mol. The summed E-state index contributed by atoms with van der Waals surface area (Å²) in [5.41, 5.74) is -0.532. The van der Waals surface area contributed by atoms with E-state index < -0.39 is 29.5 Å². The molecule has 2 aromatic heterocycles. The van der Waals surface area contributed by atoms with E-state index in [0.717, 1.165) is 0 Å². The van der Waals surface area contributed by atoms with Crippen LogP contribution in [0.3, 0.4) is 0 Å². The van der Waals surface area contributed by atoms with Gasteiger partial charge in [-0.05, 0) is 32.0 Å². The summed E-state index contributed by atoms with van der Waals surface area (Å²) in [5.74, 6) is -1.69. The molecule has 3 aromatic rings. The number of aromatic nitrogens is 4. The number of ether oxygens (including phenoxy) is 2. The molecule has 0 spiro atoms. The molecule has 0 saturated heterocycles. The van der Waals surface area contributed by atoms with E-state index in [1.165, 1.54) is 29.2 Å². The average molecular weight is 467 g/mol. The molecule has 0 aliphatic carbocycles. The van der Waals surface area contributed by atoms with Crippen LogP contribution in [-0.2, 0) is 6.18 Å². The molecule has 3 rings (SSSR count). The van der Waals surface area contributed by atoms with E-state index in [0.29, 0.717) is 29.3 Å². The molecule has 8 nitrogen and oxygen atoms in total. The molecule has 0 unspecified atom stereocenters. The van der Waals surface area contributed by atoms with Gasteiger partial charge in [-0.15, -0.1) is 0 Å². The van der Waals surface area contributed by atoms with E-state index in [1.807, 2.05) is 0 Å². The lowest BCUT2D eigenvalue weighted by atomic mass is 10.1. The van der Waals surface area contributed by atoms with Crippen molar-refractivity contribution in [1.82, 2.24) is 24.9 Å². The fourth-order valence-electron chi connectivity index (χ4n) is 3.11. The molecule has 12 heteroatoms. The second-order valence-corrected chi connectivity index (χ2v) is 6.96. The first-order valence-electron chi connectivity index (χ1n) is 9.87. The minimum atomic E-state index is -4.72. The molecule has 0 bridgehead atoms. The molecule has 1 amide bonds. The lowest BCUT2D eigenvalue weighted by molar-refractivity contribution is -0.138. The van der Waals surface area contributed by atoms with Crippen molar-refractivity contribution in [3.63, 3.8) is 0 Å². The van der Waals surface area contributed by atoms with Crippen LogP contribution >= 0.6 is 0 Å². The quantitative estimate of drug-likeness (QED) is 0.470. The number of halogens is 4. The Bertz CT molecular complexity index is 1110. The van der Waals surface area contributed by atoms with Crippen LogP contribution in [0.4, 0.5) is 17.6 Å². The first kappa shape index (κ1) is 24.0. The van der Waals surface area contributed by atoms with Gasteiger partial charge >= 0.3 is 6.18 Å². The number of likely N-dealkylation sites (N-methyl/N-ethyl adjacent to an activating group) is 1. The Hall–Kier alpha value is -3.70. The van der Waals surface area contributed by atoms with E-state index in [9.17, 15) is 22.4 Å². The summed E-state index contributed by atoms with van der Waals surface area (Å²) in [6.45, 7) is 3.50. The van der Waals surface area contributed by atoms with E-state index in [2.05, 4.69) is 15.2 Å². The Kier molecular flexibility index (Phi) is 7.14. The Balaban J connectivity index is 1.79. The van der Waals surface area contributed by atoms with Gasteiger partial charge in [0, 0.05) is 18.8 Å². The Morgan fingerprint density at radius 3 is 2.48 bits per heavy atom. The van der Waals surface area contributed by atoms with Crippen LogP contribution < -0.4 is 9.47 Å². The number of methoxy groups -OCH3 is 1. The highest BCUT2D eigenvalue weighted by atomic mass is 19.4. The molecule has 1 aromatic carbocycles. The fourth-order valence-corrected chi connectivity index (χ4v) is 3.11. The standard InChI is InChI=1S/C21H21F4N5O3/c1-4-29(13(2)12-33-19-17(22)9-14(11-26-19)21(23,24)25)20(31)16-6-5-15(32-3)10-18(16)30-27-7-8-28-30/h5-11,13H,4,12H2,1-3H3/t13-/m0/s1. The molecule has 0 aliphatic rings. The van der Waals surface area contributed by atoms with Gasteiger partial charge < -0.3 is 14.4 Å². The van der Waals surface area contributed by atoms with E-state index in [-0.39, 0.29) is 19.1 Å². The van der Waals surface area contributed by atoms with Gasteiger partial charge in [-0.2, -0.15) is 28.2 Å². The third-order valence-corrected chi connectivity index (χ3v) is 4.80. The maximum absolute atomic E-state index is 14.0. The normalized spacial score (nSPS) is 12.3. The van der Waals surface area contributed by atoms with Gasteiger partial charge in [0.25, 0.3) is 5.91 Å². The van der Waals surface area contributed by atoms with Crippen molar-refractivity contribution < 1.29 is 31.8 Å². The molecule has 2 heterocycles. The molecule has 33 heavy (non-hydrogen) atoms. The maximum Gasteiger partial charge on any atom is 0.417 e. The van der Waals surface area contributed by atoms with Crippen LogP contribution in [0.1, 0.15) is 29.8 Å². The topological polar surface area (TPSA) is 82.4 Å². The fraction of sp³-hybridized carbons (Fsp3) is 0.333. The number of carbonyl (C=O) groups excluding carboxylic acids is 1. The number of amides is 1. The Labute approximate surface area is 186 Å². The lowest BCUT2D eigenvalue weighted by Crippen LogP contribution is -2.42. The molecule has 0 saturated carbocycles. The van der Waals surface area contributed by atoms with Gasteiger partial charge in [0.1, 0.15) is 18.0 Å². The lowest BCUT2D eigenvalue weighted by Gasteiger charge is -2.28. The first-order chi connectivity index (χ1) is 15.7. The van der Waals surface area contributed by atoms with Gasteiger partial charge in [-0.1, -0.05) is 0 Å². The van der Waals surface area contributed by atoms with Gasteiger partial charge in [-0.3, -0.25) is 4.79 Å².